The summed E-state index contributed by atoms with van der Waals surface area (Å²) in [5.74, 6) is -0.00881. The zero-order valence-corrected chi connectivity index (χ0v) is 11.6. The van der Waals surface area contributed by atoms with E-state index in [1.807, 2.05) is 0 Å². The second-order valence-electron chi connectivity index (χ2n) is 4.24. The van der Waals surface area contributed by atoms with Crippen molar-refractivity contribution in [3.8, 4) is 0 Å². The molecule has 0 aromatic carbocycles. The smallest absolute Gasteiger partial charge is 0.202 e. The number of nitrogens with two attached hydrogens (primary N) is 2. The van der Waals surface area contributed by atoms with E-state index in [1.165, 1.54) is 10.9 Å². The Morgan fingerprint density at radius 1 is 1.50 bits per heavy atom. The number of aliphatic hydroxyl groups excluding tert-OH is 1. The molecule has 2 rings (SSSR count). The average molecular weight is 296 g/mol. The Bertz CT molecular complexity index is 657. The first-order valence-electron chi connectivity index (χ1n) is 5.85. The number of aliphatic hydroxyl groups is 1. The van der Waals surface area contributed by atoms with Crippen LogP contribution in [-0.2, 0) is 11.3 Å². The summed E-state index contributed by atoms with van der Waals surface area (Å²) in [5.41, 5.74) is 13.0. The van der Waals surface area contributed by atoms with Gasteiger partial charge in [-0.1, -0.05) is 11.6 Å². The number of ketones is 1. The molecule has 0 amide bonds. The Morgan fingerprint density at radius 2 is 2.20 bits per heavy atom. The number of anilines is 1. The topological polar surface area (TPSA) is 120 Å². The van der Waals surface area contributed by atoms with E-state index in [9.17, 15) is 4.79 Å². The van der Waals surface area contributed by atoms with Crippen LogP contribution in [0.3, 0.4) is 0 Å². The molecule has 0 spiro atoms. The standard InChI is InChI=1S/C12H14ClN5O2/c1-6-4-7(10(14)9(13)11(6)20)17-8-5-16-18(2-3-19)12(8)15/h4-5,19H,2-3,14-15H2,1H3/b17-7-. The van der Waals surface area contributed by atoms with E-state index in [0.29, 0.717) is 22.8 Å². The molecule has 7 nitrogen and oxygen atoms in total. The van der Waals surface area contributed by atoms with Crippen molar-refractivity contribution >= 4 is 34.6 Å². The van der Waals surface area contributed by atoms with E-state index in [4.69, 9.17) is 28.2 Å². The summed E-state index contributed by atoms with van der Waals surface area (Å²) in [6.45, 7) is 1.82. The highest BCUT2D eigenvalue weighted by atomic mass is 35.5. The van der Waals surface area contributed by atoms with Crippen molar-refractivity contribution in [3.63, 3.8) is 0 Å². The molecule has 1 aromatic heterocycles. The predicted octanol–water partition coefficient (Wildman–Crippen LogP) is 0.468. The van der Waals surface area contributed by atoms with Gasteiger partial charge in [0, 0.05) is 5.57 Å². The number of halogens is 1. The van der Waals surface area contributed by atoms with Gasteiger partial charge >= 0.3 is 0 Å². The second-order valence-corrected chi connectivity index (χ2v) is 4.62. The number of hydrogen-bond acceptors (Lipinski definition) is 6. The first-order valence-corrected chi connectivity index (χ1v) is 6.23. The van der Waals surface area contributed by atoms with Crippen LogP contribution in [0.4, 0.5) is 11.5 Å². The van der Waals surface area contributed by atoms with E-state index in [0.717, 1.165) is 0 Å². The molecule has 0 saturated heterocycles. The molecular weight excluding hydrogens is 282 g/mol. The van der Waals surface area contributed by atoms with Crippen LogP contribution < -0.4 is 11.5 Å². The van der Waals surface area contributed by atoms with Gasteiger partial charge < -0.3 is 16.6 Å². The Morgan fingerprint density at radius 3 is 2.85 bits per heavy atom. The molecule has 0 atom stereocenters. The third kappa shape index (κ3) is 2.45. The number of allylic oxidation sites excluding steroid dienone is 3. The summed E-state index contributed by atoms with van der Waals surface area (Å²) in [4.78, 5) is 15.9. The number of Topliss-reactive ketones (excluding diaryl/α,β-unsaturated/α-hetero) is 1. The summed E-state index contributed by atoms with van der Waals surface area (Å²) >= 11 is 5.87. The minimum atomic E-state index is -0.313. The second kappa shape index (κ2) is 5.48. The van der Waals surface area contributed by atoms with Gasteiger partial charge in [0.1, 0.15) is 16.5 Å². The SMILES string of the molecule is CC1=C/C(=N/c2cnn(CCO)c2N)C(N)=C(Cl)C1=O. The van der Waals surface area contributed by atoms with Gasteiger partial charge in [0.05, 0.1) is 30.8 Å². The lowest BCUT2D eigenvalue weighted by molar-refractivity contribution is -0.111. The lowest BCUT2D eigenvalue weighted by Gasteiger charge is -2.12. The predicted molar refractivity (Wildman–Crippen MR) is 76.7 cm³/mol. The normalized spacial score (nSPS) is 17.9. The molecule has 5 N–H and O–H groups in total. The lowest BCUT2D eigenvalue weighted by atomic mass is 10.0. The number of aromatic nitrogens is 2. The van der Waals surface area contributed by atoms with Crippen molar-refractivity contribution in [1.29, 1.82) is 0 Å². The van der Waals surface area contributed by atoms with E-state index < -0.39 is 0 Å². The fourth-order valence-electron chi connectivity index (χ4n) is 1.72. The summed E-state index contributed by atoms with van der Waals surface area (Å²) in [5, 5.41) is 12.8. The van der Waals surface area contributed by atoms with Gasteiger partial charge in [-0.2, -0.15) is 5.10 Å². The highest BCUT2D eigenvalue weighted by molar-refractivity contribution is 6.49. The zero-order valence-electron chi connectivity index (χ0n) is 10.8. The largest absolute Gasteiger partial charge is 0.396 e. The van der Waals surface area contributed by atoms with Crippen LogP contribution in [0.2, 0.25) is 0 Å². The quantitative estimate of drug-likeness (QED) is 0.700. The number of nitrogens with zero attached hydrogens (tertiary/aromatic N) is 3. The van der Waals surface area contributed by atoms with Gasteiger partial charge in [-0.05, 0) is 13.0 Å². The Labute approximate surface area is 120 Å². The molecule has 0 radical (unpaired) electrons. The van der Waals surface area contributed by atoms with E-state index in [2.05, 4.69) is 10.1 Å². The molecule has 1 aliphatic carbocycles. The summed E-state index contributed by atoms with van der Waals surface area (Å²) in [6.07, 6.45) is 3.01. The fraction of sp³-hybridized carbons (Fsp3) is 0.250. The van der Waals surface area contributed by atoms with Crippen LogP contribution in [0.1, 0.15) is 6.92 Å². The minimum absolute atomic E-state index is 0.0509. The Balaban J connectivity index is 2.43. The van der Waals surface area contributed by atoms with E-state index in [-0.39, 0.29) is 29.7 Å². The molecule has 8 heteroatoms. The van der Waals surface area contributed by atoms with Crippen molar-refractivity contribution in [1.82, 2.24) is 9.78 Å². The van der Waals surface area contributed by atoms with E-state index in [1.54, 1.807) is 13.0 Å². The minimum Gasteiger partial charge on any atom is -0.396 e. The molecule has 1 heterocycles. The first-order chi connectivity index (χ1) is 9.45. The number of hydrogen-bond donors (Lipinski definition) is 3. The Kier molecular flexibility index (Phi) is 3.91. The number of carbonyl (C=O) groups excluding carboxylic acids is 1. The van der Waals surface area contributed by atoms with Crippen molar-refractivity contribution in [2.45, 2.75) is 13.5 Å². The fourth-order valence-corrected chi connectivity index (χ4v) is 1.97. The third-order valence-electron chi connectivity index (χ3n) is 2.84. The van der Waals surface area contributed by atoms with Crippen LogP contribution in [-0.4, -0.2) is 33.0 Å². The molecule has 1 aliphatic rings. The molecule has 0 bridgehead atoms. The number of nitrogen functional groups attached to an aromatic ring is 1. The molecule has 0 fully saturated rings. The van der Waals surface area contributed by atoms with Crippen LogP contribution in [0.25, 0.3) is 0 Å². The highest BCUT2D eigenvalue weighted by Gasteiger charge is 2.22. The maximum atomic E-state index is 11.6. The lowest BCUT2D eigenvalue weighted by Crippen LogP contribution is -2.20. The summed E-state index contributed by atoms with van der Waals surface area (Å²) < 4.78 is 1.42. The third-order valence-corrected chi connectivity index (χ3v) is 3.21. The number of rotatable bonds is 3. The number of carbonyl (C=O) groups is 1. The first kappa shape index (κ1) is 14.3. The molecule has 0 aliphatic heterocycles. The van der Waals surface area contributed by atoms with Gasteiger partial charge in [-0.15, -0.1) is 0 Å². The van der Waals surface area contributed by atoms with E-state index >= 15 is 0 Å². The molecule has 0 saturated carbocycles. The molecule has 20 heavy (non-hydrogen) atoms. The molecule has 106 valence electrons. The molecule has 0 unspecified atom stereocenters. The maximum Gasteiger partial charge on any atom is 0.202 e. The van der Waals surface area contributed by atoms with Crippen molar-refractivity contribution < 1.29 is 9.90 Å². The van der Waals surface area contributed by atoms with Crippen LogP contribution in [0.5, 0.6) is 0 Å². The zero-order chi connectivity index (χ0) is 14.9. The molecular formula is C12H14ClN5O2. The highest BCUT2D eigenvalue weighted by Crippen LogP contribution is 2.25. The monoisotopic (exact) mass is 295 g/mol. The maximum absolute atomic E-state index is 11.6. The molecule has 1 aromatic rings. The van der Waals surface area contributed by atoms with Gasteiger partial charge in [-0.25, -0.2) is 9.67 Å². The summed E-state index contributed by atoms with van der Waals surface area (Å²) in [6, 6.07) is 0. The van der Waals surface area contributed by atoms with Crippen LogP contribution >= 0.6 is 11.6 Å². The van der Waals surface area contributed by atoms with Gasteiger partial charge in [0.15, 0.2) is 0 Å². The summed E-state index contributed by atoms with van der Waals surface area (Å²) in [7, 11) is 0. The van der Waals surface area contributed by atoms with Crippen molar-refractivity contribution in [2.75, 3.05) is 12.3 Å². The van der Waals surface area contributed by atoms with Gasteiger partial charge in [0.25, 0.3) is 0 Å². The number of aliphatic imine (C=N–C) groups is 1. The van der Waals surface area contributed by atoms with Crippen LogP contribution in [0.15, 0.2) is 33.6 Å². The Hall–Kier alpha value is -2.12. The van der Waals surface area contributed by atoms with Crippen LogP contribution in [0, 0.1) is 0 Å². The van der Waals surface area contributed by atoms with Gasteiger partial charge in [-0.3, -0.25) is 4.79 Å². The van der Waals surface area contributed by atoms with Crippen molar-refractivity contribution in [3.05, 3.63) is 28.6 Å². The van der Waals surface area contributed by atoms with Gasteiger partial charge in [0.2, 0.25) is 5.78 Å². The average Bonchev–Trinajstić information content (AvgIpc) is 2.76. The van der Waals surface area contributed by atoms with Crippen molar-refractivity contribution in [2.24, 2.45) is 10.7 Å².